The highest BCUT2D eigenvalue weighted by Gasteiger charge is 2.29. The summed E-state index contributed by atoms with van der Waals surface area (Å²) < 4.78 is 6.91. The lowest BCUT2D eigenvalue weighted by Crippen LogP contribution is -2.20. The predicted molar refractivity (Wildman–Crippen MR) is 60.9 cm³/mol. The highest BCUT2D eigenvalue weighted by Crippen LogP contribution is 2.25. The van der Waals surface area contributed by atoms with E-state index in [1.807, 2.05) is 13.8 Å². The topological polar surface area (TPSA) is 44.1 Å². The van der Waals surface area contributed by atoms with Gasteiger partial charge in [-0.2, -0.15) is 5.10 Å². The number of halogens is 1. The van der Waals surface area contributed by atoms with E-state index in [-0.39, 0.29) is 17.7 Å². The Bertz CT molecular complexity index is 395. The lowest BCUT2D eigenvalue weighted by molar-refractivity contribution is 0.0887. The van der Waals surface area contributed by atoms with E-state index in [0.717, 1.165) is 6.42 Å². The number of ether oxygens (including phenoxy) is 1. The number of ketones is 1. The van der Waals surface area contributed by atoms with Crippen molar-refractivity contribution in [2.75, 3.05) is 13.2 Å². The van der Waals surface area contributed by atoms with Crippen LogP contribution in [0.3, 0.4) is 0 Å². The van der Waals surface area contributed by atoms with Gasteiger partial charge in [0.1, 0.15) is 5.69 Å². The first-order valence-electron chi connectivity index (χ1n) is 5.46. The van der Waals surface area contributed by atoms with Gasteiger partial charge < -0.3 is 4.74 Å². The molecule has 88 valence electrons. The van der Waals surface area contributed by atoms with Gasteiger partial charge in [0.25, 0.3) is 0 Å². The molecule has 1 aliphatic rings. The fourth-order valence-electron chi connectivity index (χ4n) is 1.90. The Morgan fingerprint density at radius 3 is 3.00 bits per heavy atom. The lowest BCUT2D eigenvalue weighted by atomic mass is 10.0. The van der Waals surface area contributed by atoms with Gasteiger partial charge >= 0.3 is 0 Å². The van der Waals surface area contributed by atoms with Crippen LogP contribution in [0.15, 0.2) is 6.20 Å². The second-order valence-corrected chi connectivity index (χ2v) is 4.71. The summed E-state index contributed by atoms with van der Waals surface area (Å²) in [6, 6.07) is 0.133. The quantitative estimate of drug-likeness (QED) is 0.765. The van der Waals surface area contributed by atoms with Crippen LogP contribution < -0.4 is 0 Å². The van der Waals surface area contributed by atoms with Gasteiger partial charge in [0.2, 0.25) is 0 Å². The van der Waals surface area contributed by atoms with Crippen LogP contribution in [-0.2, 0) is 4.74 Å². The molecule has 16 heavy (non-hydrogen) atoms. The van der Waals surface area contributed by atoms with Crippen molar-refractivity contribution in [1.29, 1.82) is 0 Å². The molecule has 0 aliphatic carbocycles. The first-order valence-corrected chi connectivity index (χ1v) is 5.84. The Balaban J connectivity index is 2.31. The molecule has 0 amide bonds. The number of aromatic nitrogens is 2. The van der Waals surface area contributed by atoms with Crippen LogP contribution in [0.4, 0.5) is 0 Å². The molecular formula is C11H15ClN2O2. The Morgan fingerprint density at radius 2 is 2.44 bits per heavy atom. The average Bonchev–Trinajstić information content (AvgIpc) is 2.84. The molecule has 1 unspecified atom stereocenters. The Hall–Kier alpha value is -0.870. The van der Waals surface area contributed by atoms with Crippen molar-refractivity contribution in [2.45, 2.75) is 26.3 Å². The number of carbonyl (C=O) groups excluding carboxylic acids is 1. The SMILES string of the molecule is CC(C)n1ncc(Cl)c1C(=O)C1CCOC1. The van der Waals surface area contributed by atoms with E-state index in [1.54, 1.807) is 4.68 Å². The Labute approximate surface area is 99.5 Å². The van der Waals surface area contributed by atoms with Crippen LogP contribution in [0, 0.1) is 5.92 Å². The van der Waals surface area contributed by atoms with Crippen LogP contribution in [0.5, 0.6) is 0 Å². The number of hydrogen-bond acceptors (Lipinski definition) is 3. The molecule has 5 heteroatoms. The standard InChI is InChI=1S/C11H15ClN2O2/c1-7(2)14-10(9(12)5-13-14)11(15)8-3-4-16-6-8/h5,7-8H,3-4,6H2,1-2H3. The smallest absolute Gasteiger partial charge is 0.187 e. The molecule has 2 rings (SSSR count). The van der Waals surface area contributed by atoms with Crippen LogP contribution in [0.2, 0.25) is 5.02 Å². The van der Waals surface area contributed by atoms with Crippen LogP contribution in [0.1, 0.15) is 36.8 Å². The fourth-order valence-corrected chi connectivity index (χ4v) is 2.12. The Kier molecular flexibility index (Phi) is 3.30. The van der Waals surface area contributed by atoms with E-state index in [9.17, 15) is 4.79 Å². The molecule has 0 aromatic carbocycles. The monoisotopic (exact) mass is 242 g/mol. The fraction of sp³-hybridized carbons (Fsp3) is 0.636. The zero-order chi connectivity index (χ0) is 11.7. The maximum absolute atomic E-state index is 12.2. The van der Waals surface area contributed by atoms with Crippen molar-refractivity contribution in [2.24, 2.45) is 5.92 Å². The molecule has 1 aliphatic heterocycles. The van der Waals surface area contributed by atoms with Gasteiger partial charge in [-0.25, -0.2) is 0 Å². The largest absolute Gasteiger partial charge is 0.381 e. The molecular weight excluding hydrogens is 228 g/mol. The van der Waals surface area contributed by atoms with Crippen LogP contribution >= 0.6 is 11.6 Å². The number of Topliss-reactive ketones (excluding diaryl/α,β-unsaturated/α-hetero) is 1. The molecule has 4 nitrogen and oxygen atoms in total. The third kappa shape index (κ3) is 1.99. The van der Waals surface area contributed by atoms with Crippen molar-refractivity contribution >= 4 is 17.4 Å². The van der Waals surface area contributed by atoms with E-state index < -0.39 is 0 Å². The Morgan fingerprint density at radius 1 is 1.69 bits per heavy atom. The van der Waals surface area contributed by atoms with Gasteiger partial charge in [-0.15, -0.1) is 0 Å². The number of nitrogens with zero attached hydrogens (tertiary/aromatic N) is 2. The maximum atomic E-state index is 12.2. The molecule has 0 saturated carbocycles. The highest BCUT2D eigenvalue weighted by atomic mass is 35.5. The molecule has 0 bridgehead atoms. The van der Waals surface area contributed by atoms with Gasteiger partial charge in [-0.05, 0) is 20.3 Å². The minimum Gasteiger partial charge on any atom is -0.381 e. The summed E-state index contributed by atoms with van der Waals surface area (Å²) in [5.74, 6) is -0.0135. The van der Waals surface area contributed by atoms with Crippen LogP contribution in [-0.4, -0.2) is 28.8 Å². The molecule has 0 radical (unpaired) electrons. The molecule has 1 fully saturated rings. The minimum atomic E-state index is -0.0632. The minimum absolute atomic E-state index is 0.0497. The van der Waals surface area contributed by atoms with E-state index >= 15 is 0 Å². The zero-order valence-electron chi connectivity index (χ0n) is 9.44. The van der Waals surface area contributed by atoms with Gasteiger partial charge in [0, 0.05) is 18.6 Å². The number of hydrogen-bond donors (Lipinski definition) is 0. The highest BCUT2D eigenvalue weighted by molar-refractivity contribution is 6.33. The van der Waals surface area contributed by atoms with Crippen molar-refractivity contribution in [1.82, 2.24) is 9.78 Å². The first-order chi connectivity index (χ1) is 7.61. The molecule has 0 N–H and O–H groups in total. The van der Waals surface area contributed by atoms with E-state index in [0.29, 0.717) is 23.9 Å². The molecule has 1 atom stereocenters. The average molecular weight is 243 g/mol. The van der Waals surface area contributed by atoms with Crippen LogP contribution in [0.25, 0.3) is 0 Å². The van der Waals surface area contributed by atoms with Crippen molar-refractivity contribution in [3.05, 3.63) is 16.9 Å². The molecule has 1 saturated heterocycles. The third-order valence-electron chi connectivity index (χ3n) is 2.77. The van der Waals surface area contributed by atoms with E-state index in [2.05, 4.69) is 5.10 Å². The molecule has 0 spiro atoms. The van der Waals surface area contributed by atoms with Gasteiger partial charge in [0.05, 0.1) is 17.8 Å². The second kappa shape index (κ2) is 4.55. The molecule has 1 aromatic heterocycles. The van der Waals surface area contributed by atoms with E-state index in [4.69, 9.17) is 16.3 Å². The number of carbonyl (C=O) groups is 1. The third-order valence-corrected chi connectivity index (χ3v) is 3.05. The molecule has 1 aromatic rings. The summed E-state index contributed by atoms with van der Waals surface area (Å²) in [6.07, 6.45) is 2.31. The summed E-state index contributed by atoms with van der Waals surface area (Å²) in [5, 5.41) is 4.57. The predicted octanol–water partition coefficient (Wildman–Crippen LogP) is 2.34. The first kappa shape index (κ1) is 11.6. The molecule has 2 heterocycles. The number of rotatable bonds is 3. The van der Waals surface area contributed by atoms with Crippen molar-refractivity contribution in [3.63, 3.8) is 0 Å². The van der Waals surface area contributed by atoms with Gasteiger partial charge in [-0.1, -0.05) is 11.6 Å². The van der Waals surface area contributed by atoms with Gasteiger partial charge in [0.15, 0.2) is 5.78 Å². The zero-order valence-corrected chi connectivity index (χ0v) is 10.2. The van der Waals surface area contributed by atoms with Crippen molar-refractivity contribution < 1.29 is 9.53 Å². The second-order valence-electron chi connectivity index (χ2n) is 4.30. The van der Waals surface area contributed by atoms with Gasteiger partial charge in [-0.3, -0.25) is 9.48 Å². The summed E-state index contributed by atoms with van der Waals surface area (Å²) in [7, 11) is 0. The maximum Gasteiger partial charge on any atom is 0.187 e. The summed E-state index contributed by atoms with van der Waals surface area (Å²) in [5.41, 5.74) is 0.521. The lowest BCUT2D eigenvalue weighted by Gasteiger charge is -2.12. The van der Waals surface area contributed by atoms with E-state index in [1.165, 1.54) is 6.20 Å². The summed E-state index contributed by atoms with van der Waals surface area (Å²) >= 11 is 6.02. The normalized spacial score (nSPS) is 20.6. The summed E-state index contributed by atoms with van der Waals surface area (Å²) in [4.78, 5) is 12.2. The van der Waals surface area contributed by atoms with Crippen molar-refractivity contribution in [3.8, 4) is 0 Å². The summed E-state index contributed by atoms with van der Waals surface area (Å²) in [6.45, 7) is 5.11.